The molecule has 1 amide bonds. The van der Waals surface area contributed by atoms with Crippen LogP contribution in [0.5, 0.6) is 5.75 Å². The molecule has 0 radical (unpaired) electrons. The highest BCUT2D eigenvalue weighted by molar-refractivity contribution is 5.98. The van der Waals surface area contributed by atoms with E-state index in [0.717, 1.165) is 17.2 Å². The lowest BCUT2D eigenvalue weighted by Gasteiger charge is -2.36. The molecule has 1 saturated carbocycles. The Morgan fingerprint density at radius 1 is 1.17 bits per heavy atom. The summed E-state index contributed by atoms with van der Waals surface area (Å²) in [6.07, 6.45) is -5.73. The fourth-order valence-electron chi connectivity index (χ4n) is 4.29. The predicted octanol–water partition coefficient (Wildman–Crippen LogP) is 4.98. The largest absolute Gasteiger partial charge is 0.493 e. The minimum absolute atomic E-state index is 0.0624. The van der Waals surface area contributed by atoms with Gasteiger partial charge in [-0.25, -0.2) is 4.79 Å². The molecule has 1 fully saturated rings. The van der Waals surface area contributed by atoms with Gasteiger partial charge in [0, 0.05) is 17.5 Å². The number of aryl methyl sites for hydroxylation is 1. The summed E-state index contributed by atoms with van der Waals surface area (Å²) >= 11 is 0. The number of aliphatic hydroxyl groups excluding tert-OH is 1. The van der Waals surface area contributed by atoms with Crippen molar-refractivity contribution in [2.45, 2.75) is 63.8 Å². The average molecular weight is 494 g/mol. The summed E-state index contributed by atoms with van der Waals surface area (Å²) in [6, 6.07) is 11.0. The number of hydrogen-bond acceptors (Lipinski definition) is 4. The number of ether oxygens (including phenoxy) is 1. The molecule has 1 unspecified atom stereocenters. The molecule has 1 aliphatic rings. The maximum atomic E-state index is 13.4. The van der Waals surface area contributed by atoms with E-state index in [-0.39, 0.29) is 30.8 Å². The highest BCUT2D eigenvalue weighted by atomic mass is 19.4. The number of aliphatic carboxylic acids is 1. The number of halogens is 3. The number of carbonyl (C=O) groups excluding carboxylic acids is 1. The third-order valence-electron chi connectivity index (χ3n) is 6.50. The van der Waals surface area contributed by atoms with Gasteiger partial charge in [-0.05, 0) is 62.3 Å². The molecule has 2 aromatic rings. The zero-order valence-corrected chi connectivity index (χ0v) is 19.7. The van der Waals surface area contributed by atoms with Gasteiger partial charge in [0.15, 0.2) is 6.10 Å². The first-order chi connectivity index (χ1) is 16.4. The first-order valence-corrected chi connectivity index (χ1v) is 11.5. The van der Waals surface area contributed by atoms with E-state index in [1.165, 1.54) is 12.1 Å². The Hall–Kier alpha value is -3.07. The highest BCUT2D eigenvalue weighted by Crippen LogP contribution is 2.38. The number of carboxylic acid groups (broad SMARTS) is 1. The summed E-state index contributed by atoms with van der Waals surface area (Å²) in [5.41, 5.74) is -0.281. The number of rotatable bonds is 8. The molecule has 3 rings (SSSR count). The van der Waals surface area contributed by atoms with Gasteiger partial charge in [-0.3, -0.25) is 4.79 Å². The molecular weight excluding hydrogens is 463 g/mol. The molecule has 1 aliphatic carbocycles. The molecule has 0 aromatic heterocycles. The van der Waals surface area contributed by atoms with Gasteiger partial charge in [-0.15, -0.1) is 0 Å². The van der Waals surface area contributed by atoms with Crippen LogP contribution in [0.15, 0.2) is 42.5 Å². The number of alkyl halides is 3. The Kier molecular flexibility index (Phi) is 8.10. The quantitative estimate of drug-likeness (QED) is 0.482. The minimum atomic E-state index is -4.98. The maximum Gasteiger partial charge on any atom is 0.418 e. The van der Waals surface area contributed by atoms with Crippen LogP contribution in [0.4, 0.5) is 13.2 Å². The lowest BCUT2D eigenvalue weighted by molar-refractivity contribution is -0.207. The molecule has 0 saturated heterocycles. The number of amides is 1. The van der Waals surface area contributed by atoms with Crippen molar-refractivity contribution in [3.63, 3.8) is 0 Å². The number of aliphatic hydroxyl groups is 1. The van der Waals surface area contributed by atoms with Gasteiger partial charge in [0.1, 0.15) is 11.3 Å². The van der Waals surface area contributed by atoms with Crippen LogP contribution in [0.3, 0.4) is 0 Å². The van der Waals surface area contributed by atoms with Crippen LogP contribution in [0.2, 0.25) is 0 Å². The van der Waals surface area contributed by atoms with E-state index in [9.17, 15) is 33.0 Å². The Balaban J connectivity index is 1.82. The number of hydrogen-bond donors (Lipinski definition) is 3. The van der Waals surface area contributed by atoms with Crippen LogP contribution in [0, 0.1) is 12.8 Å². The van der Waals surface area contributed by atoms with E-state index < -0.39 is 35.3 Å². The molecule has 1 atom stereocenters. The molecule has 9 heteroatoms. The van der Waals surface area contributed by atoms with Crippen molar-refractivity contribution >= 4 is 11.9 Å². The molecule has 3 N–H and O–H groups in total. The van der Waals surface area contributed by atoms with E-state index in [4.69, 9.17) is 4.74 Å². The number of nitrogens with one attached hydrogen (secondary N) is 1. The molecule has 35 heavy (non-hydrogen) atoms. The number of benzene rings is 2. The fraction of sp³-hybridized carbons (Fsp3) is 0.462. The first-order valence-electron chi connectivity index (χ1n) is 11.5. The number of carbonyl (C=O) groups is 2. The van der Waals surface area contributed by atoms with Gasteiger partial charge in [0.25, 0.3) is 5.91 Å². The van der Waals surface area contributed by atoms with E-state index >= 15 is 0 Å². The number of carboxylic acids is 1. The standard InChI is InChI=1S/C26H30F3NO5/c1-16-8-11-25(12-9-16,24(33)34)30-23(32)19-6-7-21(20(15-19)22(31)26(27,28)29)35-13-10-18-5-3-4-17(2)14-18/h3-7,14-16,22,31H,8-13H2,1-2H3,(H,30,32)(H,33,34). The molecule has 0 aliphatic heterocycles. The third kappa shape index (κ3) is 6.54. The molecule has 6 nitrogen and oxygen atoms in total. The monoisotopic (exact) mass is 493 g/mol. The Labute approximate surface area is 202 Å². The summed E-state index contributed by atoms with van der Waals surface area (Å²) in [5.74, 6) is -1.86. The van der Waals surface area contributed by atoms with Crippen molar-refractivity contribution in [1.29, 1.82) is 0 Å². The zero-order valence-electron chi connectivity index (χ0n) is 19.7. The van der Waals surface area contributed by atoms with Crippen molar-refractivity contribution in [2.75, 3.05) is 6.61 Å². The first kappa shape index (κ1) is 26.5. The second kappa shape index (κ2) is 10.7. The Morgan fingerprint density at radius 2 is 1.86 bits per heavy atom. The molecule has 0 bridgehead atoms. The molecule has 190 valence electrons. The van der Waals surface area contributed by atoms with Crippen molar-refractivity contribution in [3.8, 4) is 5.75 Å². The van der Waals surface area contributed by atoms with Gasteiger partial charge in [-0.2, -0.15) is 13.2 Å². The average Bonchev–Trinajstić information content (AvgIpc) is 2.79. The van der Waals surface area contributed by atoms with E-state index in [1.807, 2.05) is 38.1 Å². The van der Waals surface area contributed by atoms with Crippen molar-refractivity contribution in [1.82, 2.24) is 5.32 Å². The third-order valence-corrected chi connectivity index (χ3v) is 6.50. The molecule has 0 heterocycles. The predicted molar refractivity (Wildman–Crippen MR) is 123 cm³/mol. The SMILES string of the molecule is Cc1cccc(CCOc2ccc(C(=O)NC3(C(=O)O)CCC(C)CC3)cc2C(O)C(F)(F)F)c1. The molecule has 2 aromatic carbocycles. The summed E-state index contributed by atoms with van der Waals surface area (Å²) in [6.45, 7) is 3.98. The van der Waals surface area contributed by atoms with E-state index in [1.54, 1.807) is 0 Å². The normalized spacial score (nSPS) is 21.3. The van der Waals surface area contributed by atoms with Crippen LogP contribution >= 0.6 is 0 Å². The summed E-state index contributed by atoms with van der Waals surface area (Å²) in [4.78, 5) is 24.8. The zero-order chi connectivity index (χ0) is 25.8. The second-order valence-corrected chi connectivity index (χ2v) is 9.31. The van der Waals surface area contributed by atoms with Crippen LogP contribution < -0.4 is 10.1 Å². The summed E-state index contributed by atoms with van der Waals surface area (Å²) < 4.78 is 45.7. The van der Waals surface area contributed by atoms with Gasteiger partial charge < -0.3 is 20.3 Å². The topological polar surface area (TPSA) is 95.9 Å². The molecular formula is C26H30F3NO5. The van der Waals surface area contributed by atoms with Gasteiger partial charge in [0.05, 0.1) is 6.61 Å². The van der Waals surface area contributed by atoms with E-state index in [2.05, 4.69) is 5.32 Å². The summed E-state index contributed by atoms with van der Waals surface area (Å²) in [5, 5.41) is 22.2. The smallest absolute Gasteiger partial charge is 0.418 e. The van der Waals surface area contributed by atoms with Gasteiger partial charge in [0.2, 0.25) is 0 Å². The van der Waals surface area contributed by atoms with Crippen molar-refractivity contribution in [3.05, 3.63) is 64.7 Å². The van der Waals surface area contributed by atoms with E-state index in [0.29, 0.717) is 25.2 Å². The highest BCUT2D eigenvalue weighted by Gasteiger charge is 2.44. The fourth-order valence-corrected chi connectivity index (χ4v) is 4.29. The Bertz CT molecular complexity index is 1060. The van der Waals surface area contributed by atoms with Crippen LogP contribution in [-0.2, 0) is 11.2 Å². The van der Waals surface area contributed by atoms with Gasteiger partial charge >= 0.3 is 12.1 Å². The van der Waals surface area contributed by atoms with Crippen molar-refractivity contribution < 1.29 is 37.7 Å². The summed E-state index contributed by atoms with van der Waals surface area (Å²) in [7, 11) is 0. The maximum absolute atomic E-state index is 13.4. The minimum Gasteiger partial charge on any atom is -0.493 e. The van der Waals surface area contributed by atoms with Crippen LogP contribution in [0.25, 0.3) is 0 Å². The lowest BCUT2D eigenvalue weighted by atomic mass is 9.77. The lowest BCUT2D eigenvalue weighted by Crippen LogP contribution is -2.56. The second-order valence-electron chi connectivity index (χ2n) is 9.31. The molecule has 0 spiro atoms. The van der Waals surface area contributed by atoms with Crippen LogP contribution in [0.1, 0.15) is 65.8 Å². The van der Waals surface area contributed by atoms with Crippen molar-refractivity contribution in [2.24, 2.45) is 5.92 Å². The Morgan fingerprint density at radius 3 is 2.46 bits per heavy atom. The van der Waals surface area contributed by atoms with Crippen LogP contribution in [-0.4, -0.2) is 40.4 Å². The van der Waals surface area contributed by atoms with Gasteiger partial charge in [-0.1, -0.05) is 36.8 Å².